The first-order chi connectivity index (χ1) is 6.45. The second-order valence-corrected chi connectivity index (χ2v) is 3.92. The Labute approximate surface area is 79.8 Å². The van der Waals surface area contributed by atoms with Gasteiger partial charge in [-0.05, 0) is 32.2 Å². The molecule has 0 aromatic carbocycles. The Morgan fingerprint density at radius 2 is 1.92 bits per heavy atom. The third-order valence-corrected chi connectivity index (χ3v) is 2.80. The van der Waals surface area contributed by atoms with Crippen molar-refractivity contribution in [3.05, 3.63) is 0 Å². The monoisotopic (exact) mass is 185 g/mol. The zero-order valence-corrected chi connectivity index (χ0v) is 8.13. The molecule has 3 heteroatoms. The summed E-state index contributed by atoms with van der Waals surface area (Å²) in [5, 5.41) is 3.37. The molecule has 2 heterocycles. The molecule has 2 aliphatic heterocycles. The fourth-order valence-corrected chi connectivity index (χ4v) is 2.02. The number of rotatable bonds is 2. The molecule has 0 aromatic rings. The van der Waals surface area contributed by atoms with E-state index in [2.05, 4.69) is 5.32 Å². The minimum Gasteiger partial charge on any atom is -0.381 e. The van der Waals surface area contributed by atoms with E-state index >= 15 is 0 Å². The SMILES string of the molecule is C1CNC[C@H](OC2CCOCC2)C1. The number of piperidine rings is 1. The molecule has 2 rings (SSSR count). The molecule has 1 atom stereocenters. The molecule has 0 saturated carbocycles. The first-order valence-corrected chi connectivity index (χ1v) is 5.39. The summed E-state index contributed by atoms with van der Waals surface area (Å²) in [5.74, 6) is 0. The van der Waals surface area contributed by atoms with Crippen LogP contribution < -0.4 is 5.32 Å². The molecule has 2 fully saturated rings. The third-order valence-electron chi connectivity index (χ3n) is 2.80. The van der Waals surface area contributed by atoms with Crippen molar-refractivity contribution in [2.75, 3.05) is 26.3 Å². The van der Waals surface area contributed by atoms with Crippen molar-refractivity contribution in [1.82, 2.24) is 5.32 Å². The molecule has 0 unspecified atom stereocenters. The Morgan fingerprint density at radius 1 is 1.08 bits per heavy atom. The summed E-state index contributed by atoms with van der Waals surface area (Å²) in [6.45, 7) is 3.96. The number of hydrogen-bond acceptors (Lipinski definition) is 3. The van der Waals surface area contributed by atoms with Gasteiger partial charge in [-0.3, -0.25) is 0 Å². The van der Waals surface area contributed by atoms with Crippen molar-refractivity contribution >= 4 is 0 Å². The first kappa shape index (κ1) is 9.44. The molecular weight excluding hydrogens is 166 g/mol. The first-order valence-electron chi connectivity index (χ1n) is 5.39. The van der Waals surface area contributed by atoms with Crippen molar-refractivity contribution in [3.63, 3.8) is 0 Å². The molecule has 0 radical (unpaired) electrons. The Kier molecular flexibility index (Phi) is 3.58. The second kappa shape index (κ2) is 4.94. The Hall–Kier alpha value is -0.120. The maximum atomic E-state index is 5.99. The molecule has 76 valence electrons. The number of ether oxygens (including phenoxy) is 2. The largest absolute Gasteiger partial charge is 0.381 e. The van der Waals surface area contributed by atoms with E-state index in [9.17, 15) is 0 Å². The van der Waals surface area contributed by atoms with Crippen LogP contribution >= 0.6 is 0 Å². The summed E-state index contributed by atoms with van der Waals surface area (Å²) in [5.41, 5.74) is 0. The molecule has 13 heavy (non-hydrogen) atoms. The molecule has 2 saturated heterocycles. The Morgan fingerprint density at radius 3 is 2.62 bits per heavy atom. The fraction of sp³-hybridized carbons (Fsp3) is 1.00. The molecule has 3 nitrogen and oxygen atoms in total. The average molecular weight is 185 g/mol. The normalized spacial score (nSPS) is 31.8. The summed E-state index contributed by atoms with van der Waals surface area (Å²) in [7, 11) is 0. The lowest BCUT2D eigenvalue weighted by molar-refractivity contribution is -0.0736. The highest BCUT2D eigenvalue weighted by Crippen LogP contribution is 2.16. The van der Waals surface area contributed by atoms with Crippen LogP contribution in [-0.2, 0) is 9.47 Å². The minimum atomic E-state index is 0.455. The van der Waals surface area contributed by atoms with Crippen molar-refractivity contribution in [1.29, 1.82) is 0 Å². The van der Waals surface area contributed by atoms with Gasteiger partial charge in [-0.1, -0.05) is 0 Å². The van der Waals surface area contributed by atoms with Gasteiger partial charge in [0.05, 0.1) is 12.2 Å². The molecule has 0 bridgehead atoms. The molecule has 1 N–H and O–H groups in total. The average Bonchev–Trinajstić information content (AvgIpc) is 2.21. The maximum absolute atomic E-state index is 5.99. The van der Waals surface area contributed by atoms with Gasteiger partial charge in [-0.2, -0.15) is 0 Å². The molecule has 2 aliphatic rings. The van der Waals surface area contributed by atoms with E-state index in [-0.39, 0.29) is 0 Å². The van der Waals surface area contributed by atoms with Gasteiger partial charge in [0.1, 0.15) is 0 Å². The standard InChI is InChI=1S/C10H19NO2/c1-2-10(8-11-5-1)13-9-3-6-12-7-4-9/h9-11H,1-8H2/t10-/m1/s1. The van der Waals surface area contributed by atoms with Gasteiger partial charge in [0.2, 0.25) is 0 Å². The molecule has 0 aliphatic carbocycles. The van der Waals surface area contributed by atoms with E-state index in [0.717, 1.165) is 39.1 Å². The predicted octanol–water partition coefficient (Wildman–Crippen LogP) is 0.934. The van der Waals surface area contributed by atoms with Gasteiger partial charge in [0.25, 0.3) is 0 Å². The fourth-order valence-electron chi connectivity index (χ4n) is 2.02. The van der Waals surface area contributed by atoms with Gasteiger partial charge < -0.3 is 14.8 Å². The van der Waals surface area contributed by atoms with Crippen LogP contribution in [0.2, 0.25) is 0 Å². The zero-order valence-electron chi connectivity index (χ0n) is 8.13. The Bertz CT molecular complexity index is 124. The van der Waals surface area contributed by atoms with Crippen molar-refractivity contribution < 1.29 is 9.47 Å². The van der Waals surface area contributed by atoms with Crippen LogP contribution in [-0.4, -0.2) is 38.5 Å². The molecule has 0 spiro atoms. The predicted molar refractivity (Wildman–Crippen MR) is 50.8 cm³/mol. The minimum absolute atomic E-state index is 0.455. The highest BCUT2D eigenvalue weighted by Gasteiger charge is 2.20. The van der Waals surface area contributed by atoms with Crippen LogP contribution in [0.3, 0.4) is 0 Å². The number of nitrogens with one attached hydrogen (secondary N) is 1. The second-order valence-electron chi connectivity index (χ2n) is 3.92. The smallest absolute Gasteiger partial charge is 0.0703 e. The maximum Gasteiger partial charge on any atom is 0.0703 e. The molecule has 0 aromatic heterocycles. The molecular formula is C10H19NO2. The van der Waals surface area contributed by atoms with E-state index < -0.39 is 0 Å². The van der Waals surface area contributed by atoms with E-state index in [0.29, 0.717) is 12.2 Å². The Balaban J connectivity index is 1.69. The van der Waals surface area contributed by atoms with Crippen LogP contribution in [0.15, 0.2) is 0 Å². The van der Waals surface area contributed by atoms with Crippen LogP contribution in [0.25, 0.3) is 0 Å². The van der Waals surface area contributed by atoms with Crippen molar-refractivity contribution in [2.24, 2.45) is 0 Å². The lowest BCUT2D eigenvalue weighted by Crippen LogP contribution is -2.39. The number of hydrogen-bond donors (Lipinski definition) is 1. The van der Waals surface area contributed by atoms with Gasteiger partial charge in [0, 0.05) is 19.8 Å². The van der Waals surface area contributed by atoms with E-state index in [1.54, 1.807) is 0 Å². The lowest BCUT2D eigenvalue weighted by Gasteiger charge is -2.30. The lowest BCUT2D eigenvalue weighted by atomic mass is 10.1. The van der Waals surface area contributed by atoms with Crippen molar-refractivity contribution in [3.8, 4) is 0 Å². The van der Waals surface area contributed by atoms with Crippen LogP contribution in [0.4, 0.5) is 0 Å². The summed E-state index contributed by atoms with van der Waals surface area (Å²) >= 11 is 0. The van der Waals surface area contributed by atoms with Crippen molar-refractivity contribution in [2.45, 2.75) is 37.9 Å². The van der Waals surface area contributed by atoms with Crippen LogP contribution in [0.5, 0.6) is 0 Å². The summed E-state index contributed by atoms with van der Waals surface area (Å²) in [6, 6.07) is 0. The van der Waals surface area contributed by atoms with Gasteiger partial charge in [-0.15, -0.1) is 0 Å². The van der Waals surface area contributed by atoms with Crippen LogP contribution in [0.1, 0.15) is 25.7 Å². The van der Waals surface area contributed by atoms with Gasteiger partial charge in [-0.25, -0.2) is 0 Å². The van der Waals surface area contributed by atoms with E-state index in [1.807, 2.05) is 0 Å². The summed E-state index contributed by atoms with van der Waals surface area (Å²) < 4.78 is 11.3. The van der Waals surface area contributed by atoms with Crippen LogP contribution in [0, 0.1) is 0 Å². The summed E-state index contributed by atoms with van der Waals surface area (Å²) in [6.07, 6.45) is 5.56. The summed E-state index contributed by atoms with van der Waals surface area (Å²) in [4.78, 5) is 0. The zero-order chi connectivity index (χ0) is 8.93. The topological polar surface area (TPSA) is 30.5 Å². The quantitative estimate of drug-likeness (QED) is 0.694. The van der Waals surface area contributed by atoms with E-state index in [4.69, 9.17) is 9.47 Å². The van der Waals surface area contributed by atoms with Gasteiger partial charge in [0.15, 0.2) is 0 Å². The highest BCUT2D eigenvalue weighted by atomic mass is 16.5. The third kappa shape index (κ3) is 2.93. The highest BCUT2D eigenvalue weighted by molar-refractivity contribution is 4.72. The van der Waals surface area contributed by atoms with E-state index in [1.165, 1.54) is 12.8 Å². The van der Waals surface area contributed by atoms with Gasteiger partial charge >= 0.3 is 0 Å². The molecule has 0 amide bonds.